The van der Waals surface area contributed by atoms with Crippen LogP contribution in [-0.4, -0.2) is 129 Å². The van der Waals surface area contributed by atoms with Crippen molar-refractivity contribution in [2.75, 3.05) is 90.7 Å². The Kier molecular flexibility index (Phi) is 20.9. The van der Waals surface area contributed by atoms with E-state index in [0.717, 1.165) is 94.3 Å². The van der Waals surface area contributed by atoms with E-state index in [1.54, 1.807) is 12.1 Å². The van der Waals surface area contributed by atoms with Crippen LogP contribution in [-0.2, 0) is 31.8 Å². The first-order valence-electron chi connectivity index (χ1n) is 17.8. The van der Waals surface area contributed by atoms with Gasteiger partial charge in [0.15, 0.2) is 0 Å². The molecule has 0 radical (unpaired) electrons. The van der Waals surface area contributed by atoms with Crippen molar-refractivity contribution in [3.63, 3.8) is 0 Å². The van der Waals surface area contributed by atoms with Gasteiger partial charge in [0.25, 0.3) is 0 Å². The van der Waals surface area contributed by atoms with E-state index >= 15 is 0 Å². The van der Waals surface area contributed by atoms with E-state index in [4.69, 9.17) is 28.8 Å². The number of ether oxygens (including phenoxy) is 5. The van der Waals surface area contributed by atoms with Crippen LogP contribution in [0.2, 0.25) is 0 Å². The van der Waals surface area contributed by atoms with Crippen LogP contribution in [0.5, 0.6) is 11.5 Å². The molecule has 2 aromatic carbocycles. The number of alkyl carbamates (subject to hydrolysis) is 2. The zero-order chi connectivity index (χ0) is 37.5. The Morgan fingerprint density at radius 2 is 1.12 bits per heavy atom. The summed E-state index contributed by atoms with van der Waals surface area (Å²) in [5.74, 6) is 1.12. The minimum absolute atomic E-state index is 0.244. The molecule has 51 heavy (non-hydrogen) atoms. The number of phenolic OH excluding ortho intramolecular Hbond substituents is 1. The van der Waals surface area contributed by atoms with Crippen LogP contribution in [0.25, 0.3) is 0 Å². The average Bonchev–Trinajstić information content (AvgIpc) is 3.07. The molecule has 0 spiro atoms. The van der Waals surface area contributed by atoms with Gasteiger partial charge in [-0.3, -0.25) is 9.80 Å². The minimum Gasteiger partial charge on any atom is -0.508 e. The van der Waals surface area contributed by atoms with E-state index in [1.807, 2.05) is 77.9 Å². The lowest BCUT2D eigenvalue weighted by atomic mass is 10.1. The molecule has 288 valence electrons. The molecule has 0 bridgehead atoms. The molecule has 2 aromatic rings. The summed E-state index contributed by atoms with van der Waals surface area (Å²) in [6.45, 7) is 22.5. The van der Waals surface area contributed by atoms with Crippen molar-refractivity contribution >= 4 is 28.1 Å². The van der Waals surface area contributed by atoms with Crippen LogP contribution in [0.1, 0.15) is 52.7 Å². The highest BCUT2D eigenvalue weighted by molar-refractivity contribution is 9.09. The summed E-state index contributed by atoms with van der Waals surface area (Å²) < 4.78 is 26.6. The molecule has 0 aliphatic carbocycles. The lowest BCUT2D eigenvalue weighted by Crippen LogP contribution is -2.38. The summed E-state index contributed by atoms with van der Waals surface area (Å²) in [6.07, 6.45) is 0.680. The number of carbonyl (C=O) groups excluding carboxylic acids is 2. The smallest absolute Gasteiger partial charge is 0.407 e. The molecule has 2 aliphatic rings. The number of aromatic hydroxyl groups is 1. The highest BCUT2D eigenvalue weighted by atomic mass is 79.9. The Morgan fingerprint density at radius 3 is 1.53 bits per heavy atom. The van der Waals surface area contributed by atoms with Gasteiger partial charge in [-0.05, 0) is 89.8 Å². The number of hydrogen-bond donors (Lipinski definition) is 3. The molecule has 12 nitrogen and oxygen atoms in total. The first kappa shape index (κ1) is 44.1. The minimum atomic E-state index is -0.470. The topological polar surface area (TPSA) is 131 Å². The number of benzene rings is 2. The van der Waals surface area contributed by atoms with E-state index < -0.39 is 17.3 Å². The molecule has 4 rings (SSSR count). The summed E-state index contributed by atoms with van der Waals surface area (Å²) in [7, 11) is 0. The normalized spacial score (nSPS) is 15.3. The largest absolute Gasteiger partial charge is 0.508 e. The molecule has 2 amide bonds. The molecular formula is C38H61BrN4O8. The van der Waals surface area contributed by atoms with E-state index in [1.165, 1.54) is 0 Å². The van der Waals surface area contributed by atoms with Crippen molar-refractivity contribution in [1.82, 2.24) is 20.4 Å². The number of halogens is 1. The molecule has 0 aromatic heterocycles. The van der Waals surface area contributed by atoms with Crippen molar-refractivity contribution in [2.24, 2.45) is 0 Å². The Balaban J connectivity index is 0.000000297. The second kappa shape index (κ2) is 24.2. The summed E-state index contributed by atoms with van der Waals surface area (Å²) >= 11 is 3.40. The lowest BCUT2D eigenvalue weighted by Gasteiger charge is -2.26. The molecule has 0 unspecified atom stereocenters. The van der Waals surface area contributed by atoms with Crippen LogP contribution in [0.4, 0.5) is 9.59 Å². The molecule has 2 aliphatic heterocycles. The zero-order valence-electron chi connectivity index (χ0n) is 31.5. The van der Waals surface area contributed by atoms with Crippen molar-refractivity contribution in [3.05, 3.63) is 59.7 Å². The number of alkyl halides is 1. The lowest BCUT2D eigenvalue weighted by molar-refractivity contribution is 0.0322. The first-order valence-corrected chi connectivity index (χ1v) is 18.9. The van der Waals surface area contributed by atoms with Gasteiger partial charge in [0.2, 0.25) is 0 Å². The van der Waals surface area contributed by atoms with Crippen molar-refractivity contribution in [2.45, 2.75) is 65.6 Å². The number of carbonyl (C=O) groups is 2. The van der Waals surface area contributed by atoms with Crippen LogP contribution in [0, 0.1) is 0 Å². The molecule has 13 heteroatoms. The third-order valence-corrected chi connectivity index (χ3v) is 7.66. The molecule has 0 atom stereocenters. The first-order chi connectivity index (χ1) is 24.2. The van der Waals surface area contributed by atoms with Gasteiger partial charge in [-0.1, -0.05) is 40.2 Å². The summed E-state index contributed by atoms with van der Waals surface area (Å²) in [6, 6.07) is 14.9. The van der Waals surface area contributed by atoms with Crippen LogP contribution in [0.15, 0.2) is 48.5 Å². The summed E-state index contributed by atoms with van der Waals surface area (Å²) in [4.78, 5) is 27.7. The van der Waals surface area contributed by atoms with Crippen molar-refractivity contribution in [3.8, 4) is 11.5 Å². The monoisotopic (exact) mass is 780 g/mol. The van der Waals surface area contributed by atoms with Crippen LogP contribution < -0.4 is 15.4 Å². The second-order valence-electron chi connectivity index (χ2n) is 14.1. The van der Waals surface area contributed by atoms with Gasteiger partial charge < -0.3 is 39.4 Å². The Labute approximate surface area is 313 Å². The Hall–Kier alpha value is -3.10. The number of hydrogen-bond acceptors (Lipinski definition) is 10. The van der Waals surface area contributed by atoms with E-state index in [2.05, 4.69) is 36.4 Å². The van der Waals surface area contributed by atoms with E-state index in [0.29, 0.717) is 26.1 Å². The molecule has 2 fully saturated rings. The summed E-state index contributed by atoms with van der Waals surface area (Å²) in [5.41, 5.74) is 1.27. The predicted molar refractivity (Wildman–Crippen MR) is 204 cm³/mol. The third kappa shape index (κ3) is 23.2. The van der Waals surface area contributed by atoms with Gasteiger partial charge in [-0.25, -0.2) is 9.59 Å². The van der Waals surface area contributed by atoms with Crippen molar-refractivity contribution in [1.29, 1.82) is 0 Å². The number of morpholine rings is 2. The number of rotatable bonds is 12. The molecule has 3 N–H and O–H groups in total. The average molecular weight is 782 g/mol. The van der Waals surface area contributed by atoms with Gasteiger partial charge in [-0.15, -0.1) is 0 Å². The van der Waals surface area contributed by atoms with Crippen molar-refractivity contribution < 1.29 is 38.4 Å². The third-order valence-electron chi connectivity index (χ3n) is 7.31. The van der Waals surface area contributed by atoms with Crippen LogP contribution in [0.3, 0.4) is 0 Å². The standard InChI is InChI=1S/C19H30N2O4.C13H19NO3.C6H12BrNO/c1-19(2,3)25-18(22)20-9-8-16-4-6-17(7-5-16)24-15-12-21-10-13-23-14-11-21;1-13(2,3)17-12(16)14-9-8-10-4-6-11(15)7-5-10;7-1-2-8-3-5-9-6-4-8/h4-7H,8-15H2,1-3H3,(H,20,22);4-7,15H,8-9H2,1-3H3,(H,14,16);1-6H2. The molecular weight excluding hydrogens is 720 g/mol. The quantitative estimate of drug-likeness (QED) is 0.233. The Morgan fingerprint density at radius 1 is 0.706 bits per heavy atom. The van der Waals surface area contributed by atoms with E-state index in [9.17, 15) is 9.59 Å². The second-order valence-corrected chi connectivity index (χ2v) is 14.9. The maximum atomic E-state index is 11.6. The van der Waals surface area contributed by atoms with Gasteiger partial charge in [0, 0.05) is 57.7 Å². The number of nitrogens with one attached hydrogen (secondary N) is 2. The number of nitrogens with zero attached hydrogens (tertiary/aromatic N) is 2. The fourth-order valence-electron chi connectivity index (χ4n) is 4.72. The molecule has 2 heterocycles. The fraction of sp³-hybridized carbons (Fsp3) is 0.632. The highest BCUT2D eigenvalue weighted by Crippen LogP contribution is 2.13. The molecule has 0 saturated carbocycles. The SMILES string of the molecule is BrCCN1CCOCC1.CC(C)(C)OC(=O)NCCc1ccc(O)cc1.CC(C)(C)OC(=O)NCCc1ccc(OCCN2CCOCC2)cc1. The molecule has 2 saturated heterocycles. The zero-order valence-corrected chi connectivity index (χ0v) is 33.1. The van der Waals surface area contributed by atoms with Gasteiger partial charge in [-0.2, -0.15) is 0 Å². The maximum absolute atomic E-state index is 11.6. The highest BCUT2D eigenvalue weighted by Gasteiger charge is 2.16. The van der Waals surface area contributed by atoms with Gasteiger partial charge >= 0.3 is 12.2 Å². The summed E-state index contributed by atoms with van der Waals surface area (Å²) in [5, 5.41) is 15.6. The number of phenols is 1. The van der Waals surface area contributed by atoms with Gasteiger partial charge in [0.05, 0.1) is 26.4 Å². The van der Waals surface area contributed by atoms with E-state index in [-0.39, 0.29) is 11.8 Å². The van der Waals surface area contributed by atoms with Crippen LogP contribution >= 0.6 is 15.9 Å². The number of amides is 2. The fourth-order valence-corrected chi connectivity index (χ4v) is 5.22. The predicted octanol–water partition coefficient (Wildman–Crippen LogP) is 5.64. The maximum Gasteiger partial charge on any atom is 0.407 e. The van der Waals surface area contributed by atoms with Gasteiger partial charge in [0.1, 0.15) is 29.3 Å². The Bertz CT molecular complexity index is 1220.